The lowest BCUT2D eigenvalue weighted by molar-refractivity contribution is -0.193. The molecule has 0 radical (unpaired) electrons. The first-order valence-electron chi connectivity index (χ1n) is 9.98. The molecule has 0 unspecified atom stereocenters. The van der Waals surface area contributed by atoms with Crippen molar-refractivity contribution in [1.29, 1.82) is 0 Å². The van der Waals surface area contributed by atoms with Crippen LogP contribution in [0.15, 0.2) is 6.33 Å². The van der Waals surface area contributed by atoms with Crippen LogP contribution >= 0.6 is 0 Å². The summed E-state index contributed by atoms with van der Waals surface area (Å²) < 4.78 is 39.1. The largest absolute Gasteiger partial charge is 0.403 e. The zero-order valence-corrected chi connectivity index (χ0v) is 15.8. The summed E-state index contributed by atoms with van der Waals surface area (Å²) >= 11 is 0. The van der Waals surface area contributed by atoms with E-state index >= 15 is 0 Å². The van der Waals surface area contributed by atoms with Gasteiger partial charge < -0.3 is 15.1 Å². The zero-order valence-electron chi connectivity index (χ0n) is 15.8. The Morgan fingerprint density at radius 1 is 1.21 bits per heavy atom. The lowest BCUT2D eigenvalue weighted by Crippen LogP contribution is -2.69. The highest BCUT2D eigenvalue weighted by Crippen LogP contribution is 2.58. The summed E-state index contributed by atoms with van der Waals surface area (Å²) in [5.41, 5.74) is -2.21. The van der Waals surface area contributed by atoms with Gasteiger partial charge in [0.2, 0.25) is 5.91 Å². The van der Waals surface area contributed by atoms with Crippen molar-refractivity contribution in [3.8, 4) is 0 Å². The summed E-state index contributed by atoms with van der Waals surface area (Å²) in [5, 5.41) is 9.29. The smallest absolute Gasteiger partial charge is 0.353 e. The maximum Gasteiger partial charge on any atom is 0.403 e. The molecule has 158 valence electrons. The van der Waals surface area contributed by atoms with Crippen molar-refractivity contribution in [3.05, 3.63) is 12.2 Å². The summed E-state index contributed by atoms with van der Waals surface area (Å²) in [6.07, 6.45) is -1.13. The van der Waals surface area contributed by atoms with E-state index in [1.54, 1.807) is 4.90 Å². The number of rotatable bonds is 3. The number of hydrogen-bond donors (Lipinski definition) is 2. The molecule has 8 nitrogen and oxygen atoms in total. The molecule has 2 aliphatic heterocycles. The number of likely N-dealkylation sites (tertiary alicyclic amines) is 2. The Kier molecular flexibility index (Phi) is 3.92. The van der Waals surface area contributed by atoms with Gasteiger partial charge in [0.15, 0.2) is 0 Å². The highest BCUT2D eigenvalue weighted by Gasteiger charge is 2.69. The number of aromatic amines is 1. The second-order valence-electron chi connectivity index (χ2n) is 9.10. The first-order chi connectivity index (χ1) is 13.7. The van der Waals surface area contributed by atoms with Crippen molar-refractivity contribution in [3.63, 3.8) is 0 Å². The van der Waals surface area contributed by atoms with Crippen LogP contribution in [0.1, 0.15) is 43.8 Å². The number of urea groups is 1. The van der Waals surface area contributed by atoms with Gasteiger partial charge in [-0.05, 0) is 32.1 Å². The minimum absolute atomic E-state index is 0.000805. The molecular weight excluding hydrogens is 389 g/mol. The van der Waals surface area contributed by atoms with E-state index in [-0.39, 0.29) is 36.2 Å². The molecular formula is C18H23F3N6O2. The molecule has 29 heavy (non-hydrogen) atoms. The second-order valence-corrected chi connectivity index (χ2v) is 9.10. The van der Waals surface area contributed by atoms with Gasteiger partial charge >= 0.3 is 12.2 Å². The summed E-state index contributed by atoms with van der Waals surface area (Å²) in [4.78, 5) is 32.5. The van der Waals surface area contributed by atoms with Crippen LogP contribution in [0.3, 0.4) is 0 Å². The predicted molar refractivity (Wildman–Crippen MR) is 93.6 cm³/mol. The zero-order chi connectivity index (χ0) is 20.4. The highest BCUT2D eigenvalue weighted by atomic mass is 19.4. The average Bonchev–Trinajstić information content (AvgIpc) is 3.03. The molecule has 0 bridgehead atoms. The number of nitrogens with one attached hydrogen (secondary N) is 2. The number of halogens is 3. The fraction of sp³-hybridized carbons (Fsp3) is 0.778. The lowest BCUT2D eigenvalue weighted by atomic mass is 9.60. The van der Waals surface area contributed by atoms with Gasteiger partial charge in [0.1, 0.15) is 17.6 Å². The minimum atomic E-state index is -4.47. The van der Waals surface area contributed by atoms with Gasteiger partial charge in [0.05, 0.1) is 0 Å². The standard InChI is InChI=1S/C18H23F3N6O2/c19-18(20,21)17(2-3-17)14(28)24-12-5-16(6-12)8-27(9-16)15(29)26-4-1-11(7-26)13-22-10-23-25-13/h10-12H,1-9H2,(H,24,28)(H,22,23,25)/t11-/m0/s1. The summed E-state index contributed by atoms with van der Waals surface area (Å²) in [6, 6.07) is -0.221. The van der Waals surface area contributed by atoms with Crippen LogP contribution in [-0.4, -0.2) is 75.3 Å². The summed E-state index contributed by atoms with van der Waals surface area (Å²) in [7, 11) is 0. The van der Waals surface area contributed by atoms with Crippen LogP contribution in [0.25, 0.3) is 0 Å². The third-order valence-electron chi connectivity index (χ3n) is 7.02. The second kappa shape index (κ2) is 6.09. The Balaban J connectivity index is 1.08. The van der Waals surface area contributed by atoms with E-state index in [9.17, 15) is 22.8 Å². The van der Waals surface area contributed by atoms with Crippen molar-refractivity contribution in [2.45, 2.75) is 50.2 Å². The Hall–Kier alpha value is -2.33. The quantitative estimate of drug-likeness (QED) is 0.789. The molecule has 3 heterocycles. The third-order valence-corrected chi connectivity index (χ3v) is 7.02. The molecule has 2 aliphatic carbocycles. The van der Waals surface area contributed by atoms with Gasteiger partial charge in [-0.15, -0.1) is 0 Å². The highest BCUT2D eigenvalue weighted by molar-refractivity contribution is 5.86. The molecule has 2 saturated heterocycles. The van der Waals surface area contributed by atoms with Gasteiger partial charge in [0.25, 0.3) is 0 Å². The Morgan fingerprint density at radius 3 is 2.52 bits per heavy atom. The molecule has 2 N–H and O–H groups in total. The SMILES string of the molecule is O=C(N1CC[C@H](c2ncn[nH]2)C1)N1CC2(CC(NC(=O)C3(C(F)(F)F)CC3)C2)C1. The molecule has 4 aliphatic rings. The van der Waals surface area contributed by atoms with E-state index in [2.05, 4.69) is 20.5 Å². The van der Waals surface area contributed by atoms with Crippen molar-refractivity contribution in [2.24, 2.45) is 10.8 Å². The van der Waals surface area contributed by atoms with E-state index in [1.165, 1.54) is 6.33 Å². The number of amides is 3. The maximum absolute atomic E-state index is 13.0. The van der Waals surface area contributed by atoms with Gasteiger partial charge in [-0.2, -0.15) is 18.3 Å². The van der Waals surface area contributed by atoms with Crippen LogP contribution < -0.4 is 5.32 Å². The topological polar surface area (TPSA) is 94.2 Å². The Morgan fingerprint density at radius 2 is 1.93 bits per heavy atom. The van der Waals surface area contributed by atoms with Gasteiger partial charge in [-0.25, -0.2) is 9.78 Å². The number of aromatic nitrogens is 3. The van der Waals surface area contributed by atoms with Crippen LogP contribution in [0.2, 0.25) is 0 Å². The van der Waals surface area contributed by atoms with Crippen LogP contribution in [0.5, 0.6) is 0 Å². The van der Waals surface area contributed by atoms with Crippen molar-refractivity contribution >= 4 is 11.9 Å². The summed E-state index contributed by atoms with van der Waals surface area (Å²) in [6.45, 7) is 2.49. The maximum atomic E-state index is 13.0. The average molecular weight is 412 g/mol. The molecule has 1 aromatic rings. The monoisotopic (exact) mass is 412 g/mol. The van der Waals surface area contributed by atoms with E-state index < -0.39 is 17.5 Å². The first kappa shape index (κ1) is 18.7. The first-order valence-corrected chi connectivity index (χ1v) is 9.98. The number of carbonyl (C=O) groups excluding carboxylic acids is 2. The van der Waals surface area contributed by atoms with Crippen LogP contribution in [-0.2, 0) is 4.79 Å². The number of carbonyl (C=O) groups is 2. The molecule has 1 aromatic heterocycles. The lowest BCUT2D eigenvalue weighted by Gasteiger charge is -2.59. The molecule has 0 aromatic carbocycles. The van der Waals surface area contributed by atoms with Crippen molar-refractivity contribution in [2.75, 3.05) is 26.2 Å². The molecule has 3 amide bonds. The van der Waals surface area contributed by atoms with Crippen molar-refractivity contribution < 1.29 is 22.8 Å². The van der Waals surface area contributed by atoms with Gasteiger partial charge in [0, 0.05) is 43.6 Å². The van der Waals surface area contributed by atoms with E-state index in [1.807, 2.05) is 4.90 Å². The molecule has 2 saturated carbocycles. The van der Waals surface area contributed by atoms with Crippen LogP contribution in [0, 0.1) is 10.8 Å². The number of H-pyrrole nitrogens is 1. The molecule has 11 heteroatoms. The number of alkyl halides is 3. The van der Waals surface area contributed by atoms with E-state index in [4.69, 9.17) is 0 Å². The number of nitrogens with zero attached hydrogens (tertiary/aromatic N) is 4. The van der Waals surface area contributed by atoms with Crippen molar-refractivity contribution in [1.82, 2.24) is 30.3 Å². The molecule has 4 fully saturated rings. The van der Waals surface area contributed by atoms with Crippen LogP contribution in [0.4, 0.5) is 18.0 Å². The summed E-state index contributed by atoms with van der Waals surface area (Å²) in [5.74, 6) is 0.0845. The third kappa shape index (κ3) is 2.96. The fourth-order valence-electron chi connectivity index (χ4n) is 5.10. The number of hydrogen-bond acceptors (Lipinski definition) is 4. The Labute approximate surface area is 165 Å². The fourth-order valence-corrected chi connectivity index (χ4v) is 5.10. The Bertz CT molecular complexity index is 808. The molecule has 5 rings (SSSR count). The molecule has 1 atom stereocenters. The molecule has 1 spiro atoms. The predicted octanol–water partition coefficient (Wildman–Crippen LogP) is 1.64. The van der Waals surface area contributed by atoms with E-state index in [0.717, 1.165) is 12.2 Å². The minimum Gasteiger partial charge on any atom is -0.353 e. The van der Waals surface area contributed by atoms with E-state index in [0.29, 0.717) is 39.0 Å². The van der Waals surface area contributed by atoms with Gasteiger partial charge in [-0.1, -0.05) is 0 Å². The normalized spacial score (nSPS) is 27.5. The van der Waals surface area contributed by atoms with Gasteiger partial charge in [-0.3, -0.25) is 9.89 Å².